The van der Waals surface area contributed by atoms with Crippen LogP contribution in [0.2, 0.25) is 0 Å². The summed E-state index contributed by atoms with van der Waals surface area (Å²) in [5.74, 6) is 1.26. The molecule has 21 heavy (non-hydrogen) atoms. The minimum absolute atomic E-state index is 0.00839. The molecule has 0 spiro atoms. The molecule has 1 unspecified atom stereocenters. The molecule has 4 nitrogen and oxygen atoms in total. The van der Waals surface area contributed by atoms with Gasteiger partial charge in [0, 0.05) is 19.5 Å². The summed E-state index contributed by atoms with van der Waals surface area (Å²) in [6, 6.07) is 7.77. The average molecular weight is 284 g/mol. The number of rotatable bonds is 2. The normalized spacial score (nSPS) is 31.0. The molecule has 0 bridgehead atoms. The maximum absolute atomic E-state index is 12.6. The van der Waals surface area contributed by atoms with E-state index in [9.17, 15) is 9.59 Å². The van der Waals surface area contributed by atoms with Crippen molar-refractivity contribution in [3.63, 3.8) is 0 Å². The van der Waals surface area contributed by atoms with Gasteiger partial charge in [-0.25, -0.2) is 4.79 Å². The second-order valence-corrected chi connectivity index (χ2v) is 6.79. The predicted molar refractivity (Wildman–Crippen MR) is 78.5 cm³/mol. The first-order valence-corrected chi connectivity index (χ1v) is 7.82. The van der Waals surface area contributed by atoms with Crippen LogP contribution in [0, 0.1) is 11.8 Å². The van der Waals surface area contributed by atoms with Gasteiger partial charge in [-0.3, -0.25) is 9.69 Å². The lowest BCUT2D eigenvalue weighted by Gasteiger charge is -2.34. The second-order valence-electron chi connectivity index (χ2n) is 6.79. The van der Waals surface area contributed by atoms with E-state index in [1.54, 1.807) is 4.90 Å². The molecule has 3 amide bonds. The van der Waals surface area contributed by atoms with Crippen molar-refractivity contribution in [1.29, 1.82) is 0 Å². The monoisotopic (exact) mass is 284 g/mol. The lowest BCUT2D eigenvalue weighted by atomic mass is 9.76. The first-order chi connectivity index (χ1) is 10.1. The molecule has 2 heterocycles. The third-order valence-corrected chi connectivity index (χ3v) is 5.19. The van der Waals surface area contributed by atoms with Gasteiger partial charge in [-0.1, -0.05) is 31.2 Å². The van der Waals surface area contributed by atoms with Crippen LogP contribution in [0.25, 0.3) is 0 Å². The number of nitrogens with zero attached hydrogens (tertiary/aromatic N) is 2. The molecule has 110 valence electrons. The molecular weight excluding hydrogens is 264 g/mol. The Hall–Kier alpha value is -1.84. The Bertz CT molecular complexity index is 564. The SMILES string of the molecule is CC1CC(CN2C(=O)C3Cc4ccccc4CN3C2=O)C1. The highest BCUT2D eigenvalue weighted by atomic mass is 16.2. The molecule has 2 aliphatic heterocycles. The van der Waals surface area contributed by atoms with Gasteiger partial charge in [0.1, 0.15) is 6.04 Å². The number of carbonyl (C=O) groups excluding carboxylic acids is 2. The van der Waals surface area contributed by atoms with Crippen LogP contribution >= 0.6 is 0 Å². The van der Waals surface area contributed by atoms with Crippen LogP contribution in [0.4, 0.5) is 4.79 Å². The summed E-state index contributed by atoms with van der Waals surface area (Å²) in [6.07, 6.45) is 2.95. The number of urea groups is 1. The van der Waals surface area contributed by atoms with Gasteiger partial charge in [0.25, 0.3) is 5.91 Å². The van der Waals surface area contributed by atoms with Gasteiger partial charge in [-0.2, -0.15) is 0 Å². The Kier molecular flexibility index (Phi) is 2.81. The maximum atomic E-state index is 12.6. The lowest BCUT2D eigenvalue weighted by Crippen LogP contribution is -2.40. The van der Waals surface area contributed by atoms with Crippen LogP contribution in [-0.2, 0) is 17.8 Å². The van der Waals surface area contributed by atoms with E-state index in [2.05, 4.69) is 19.1 Å². The zero-order valence-electron chi connectivity index (χ0n) is 12.3. The van der Waals surface area contributed by atoms with E-state index in [-0.39, 0.29) is 18.0 Å². The Labute approximate surface area is 124 Å². The molecule has 4 rings (SSSR count). The molecule has 0 radical (unpaired) electrons. The van der Waals surface area contributed by atoms with Gasteiger partial charge in [-0.05, 0) is 35.8 Å². The molecule has 2 fully saturated rings. The fourth-order valence-corrected chi connectivity index (χ4v) is 4.02. The van der Waals surface area contributed by atoms with Gasteiger partial charge >= 0.3 is 6.03 Å². The van der Waals surface area contributed by atoms with Gasteiger partial charge in [0.05, 0.1) is 0 Å². The highest BCUT2D eigenvalue weighted by Gasteiger charge is 2.48. The number of carbonyl (C=O) groups is 2. The second kappa shape index (κ2) is 4.58. The van der Waals surface area contributed by atoms with E-state index in [0.29, 0.717) is 25.4 Å². The molecule has 1 saturated heterocycles. The van der Waals surface area contributed by atoms with Crippen molar-refractivity contribution in [3.8, 4) is 0 Å². The zero-order valence-corrected chi connectivity index (χ0v) is 12.3. The number of benzene rings is 1. The van der Waals surface area contributed by atoms with E-state index >= 15 is 0 Å². The molecule has 1 atom stereocenters. The van der Waals surface area contributed by atoms with E-state index in [4.69, 9.17) is 0 Å². The van der Waals surface area contributed by atoms with Crippen LogP contribution in [0.3, 0.4) is 0 Å². The Morgan fingerprint density at radius 3 is 2.57 bits per heavy atom. The standard InChI is InChI=1S/C17H20N2O2/c1-11-6-12(7-11)9-19-16(20)15-8-13-4-2-3-5-14(13)10-18(15)17(19)21/h2-5,11-12,15H,6-10H2,1H3. The average Bonchev–Trinajstić information content (AvgIpc) is 2.68. The van der Waals surface area contributed by atoms with Gasteiger partial charge < -0.3 is 4.90 Å². The zero-order chi connectivity index (χ0) is 14.6. The van der Waals surface area contributed by atoms with Gasteiger partial charge in [0.15, 0.2) is 0 Å². The van der Waals surface area contributed by atoms with E-state index in [1.165, 1.54) is 16.0 Å². The molecule has 4 heteroatoms. The molecule has 3 aliphatic rings. The van der Waals surface area contributed by atoms with Crippen LogP contribution in [0.5, 0.6) is 0 Å². The van der Waals surface area contributed by atoms with Gasteiger partial charge in [-0.15, -0.1) is 0 Å². The molecule has 1 aromatic rings. The highest BCUT2D eigenvalue weighted by molar-refractivity contribution is 6.04. The van der Waals surface area contributed by atoms with Crippen molar-refractivity contribution in [2.45, 2.75) is 38.8 Å². The van der Waals surface area contributed by atoms with Crippen molar-refractivity contribution < 1.29 is 9.59 Å². The molecule has 1 saturated carbocycles. The van der Waals surface area contributed by atoms with Crippen molar-refractivity contribution in [2.75, 3.05) is 6.54 Å². The third-order valence-electron chi connectivity index (χ3n) is 5.19. The summed E-state index contributed by atoms with van der Waals surface area (Å²) < 4.78 is 0. The van der Waals surface area contributed by atoms with Crippen molar-refractivity contribution in [3.05, 3.63) is 35.4 Å². The summed E-state index contributed by atoms with van der Waals surface area (Å²) in [5.41, 5.74) is 2.38. The minimum Gasteiger partial charge on any atom is -0.308 e. The summed E-state index contributed by atoms with van der Waals surface area (Å²) in [6.45, 7) is 3.42. The highest BCUT2D eigenvalue weighted by Crippen LogP contribution is 2.36. The molecule has 1 aromatic carbocycles. The number of imide groups is 1. The Morgan fingerprint density at radius 1 is 1.14 bits per heavy atom. The van der Waals surface area contributed by atoms with Crippen LogP contribution < -0.4 is 0 Å². The number of hydrogen-bond donors (Lipinski definition) is 0. The fraction of sp³-hybridized carbons (Fsp3) is 0.529. The quantitative estimate of drug-likeness (QED) is 0.783. The summed E-state index contributed by atoms with van der Waals surface area (Å²) in [5, 5.41) is 0. The first kappa shape index (κ1) is 12.9. The van der Waals surface area contributed by atoms with Crippen LogP contribution in [-0.4, -0.2) is 34.3 Å². The first-order valence-electron chi connectivity index (χ1n) is 7.82. The summed E-state index contributed by atoms with van der Waals surface area (Å²) in [7, 11) is 0. The molecule has 0 N–H and O–H groups in total. The van der Waals surface area contributed by atoms with Crippen LogP contribution in [0.15, 0.2) is 24.3 Å². The van der Waals surface area contributed by atoms with E-state index in [0.717, 1.165) is 18.8 Å². The largest absolute Gasteiger partial charge is 0.327 e. The van der Waals surface area contributed by atoms with E-state index in [1.807, 2.05) is 12.1 Å². The van der Waals surface area contributed by atoms with Crippen molar-refractivity contribution >= 4 is 11.9 Å². The van der Waals surface area contributed by atoms with Crippen molar-refractivity contribution in [1.82, 2.24) is 9.80 Å². The van der Waals surface area contributed by atoms with Crippen LogP contribution in [0.1, 0.15) is 30.9 Å². The summed E-state index contributed by atoms with van der Waals surface area (Å²) >= 11 is 0. The third kappa shape index (κ3) is 1.96. The number of hydrogen-bond acceptors (Lipinski definition) is 2. The van der Waals surface area contributed by atoms with E-state index < -0.39 is 0 Å². The Morgan fingerprint density at radius 2 is 1.86 bits per heavy atom. The molecule has 1 aliphatic carbocycles. The van der Waals surface area contributed by atoms with Crippen molar-refractivity contribution in [2.24, 2.45) is 11.8 Å². The smallest absolute Gasteiger partial charge is 0.308 e. The fourth-order valence-electron chi connectivity index (χ4n) is 4.02. The lowest BCUT2D eigenvalue weighted by molar-refractivity contribution is -0.129. The molecular formula is C17H20N2O2. The Balaban J connectivity index is 1.55. The number of amides is 3. The predicted octanol–water partition coefficient (Wildman–Crippen LogP) is 2.42. The minimum atomic E-state index is -0.273. The number of fused-ring (bicyclic) bond motifs is 2. The summed E-state index contributed by atoms with van der Waals surface area (Å²) in [4.78, 5) is 28.4. The van der Waals surface area contributed by atoms with Gasteiger partial charge in [0.2, 0.25) is 0 Å². The topological polar surface area (TPSA) is 40.6 Å². The maximum Gasteiger partial charge on any atom is 0.327 e. The molecule has 0 aromatic heterocycles.